The molecule has 0 radical (unpaired) electrons. The molecule has 0 aromatic heterocycles. The molecule has 0 saturated heterocycles. The minimum Gasteiger partial charge on any atom is -0.357 e. The van der Waals surface area contributed by atoms with Gasteiger partial charge in [0.25, 0.3) is 0 Å². The van der Waals surface area contributed by atoms with Gasteiger partial charge in [0.1, 0.15) is 4.32 Å². The van der Waals surface area contributed by atoms with E-state index in [0.717, 1.165) is 13.1 Å². The van der Waals surface area contributed by atoms with E-state index in [0.29, 0.717) is 4.32 Å². The van der Waals surface area contributed by atoms with Gasteiger partial charge in [-0.3, -0.25) is 0 Å². The van der Waals surface area contributed by atoms with E-state index in [1.807, 2.05) is 0 Å². The van der Waals surface area contributed by atoms with Crippen LogP contribution in [-0.2, 0) is 0 Å². The van der Waals surface area contributed by atoms with E-state index < -0.39 is 0 Å². The zero-order valence-electron chi connectivity index (χ0n) is 10.2. The first-order valence-electron chi connectivity index (χ1n) is 4.99. The van der Waals surface area contributed by atoms with Gasteiger partial charge >= 0.3 is 0 Å². The van der Waals surface area contributed by atoms with Gasteiger partial charge in [0.15, 0.2) is 0 Å². The molecule has 3 heteroatoms. The minimum absolute atomic E-state index is 0.262. The number of thiol groups is 1. The predicted octanol–water partition coefficient (Wildman–Crippen LogP) is 3.60. The smallest absolute Gasteiger partial charge is 0.133 e. The Morgan fingerprint density at radius 3 is 1.43 bits per heavy atom. The van der Waals surface area contributed by atoms with Crippen molar-refractivity contribution in [2.24, 2.45) is 10.8 Å². The second-order valence-corrected chi connectivity index (χ2v) is 7.37. The van der Waals surface area contributed by atoms with Gasteiger partial charge in [-0.05, 0) is 10.8 Å². The molecule has 0 aromatic rings. The zero-order chi connectivity index (χ0) is 11.6. The Labute approximate surface area is 99.7 Å². The maximum absolute atomic E-state index is 5.14. The molecule has 14 heavy (non-hydrogen) atoms. The van der Waals surface area contributed by atoms with E-state index in [1.54, 1.807) is 0 Å². The average Bonchev–Trinajstić information content (AvgIpc) is 1.78. The summed E-state index contributed by atoms with van der Waals surface area (Å²) in [5, 5.41) is 0. The van der Waals surface area contributed by atoms with Gasteiger partial charge in [0, 0.05) is 13.1 Å². The number of hydrogen-bond donors (Lipinski definition) is 1. The Morgan fingerprint density at radius 2 is 1.29 bits per heavy atom. The molecule has 0 unspecified atom stereocenters. The molecule has 0 saturated carbocycles. The highest BCUT2D eigenvalue weighted by Crippen LogP contribution is 2.21. The summed E-state index contributed by atoms with van der Waals surface area (Å²) in [5.74, 6) is 0. The molecular formula is C11H23NS2. The van der Waals surface area contributed by atoms with Crippen LogP contribution in [0.4, 0.5) is 0 Å². The van der Waals surface area contributed by atoms with Crippen LogP contribution in [0.2, 0.25) is 0 Å². The van der Waals surface area contributed by atoms with Gasteiger partial charge in [0.05, 0.1) is 0 Å². The number of rotatable bonds is 2. The van der Waals surface area contributed by atoms with Crippen LogP contribution in [0.3, 0.4) is 0 Å². The standard InChI is InChI=1S/C11H23NS2/c1-10(2,3)7-12(9(13)14)8-11(4,5)6/h7-8H2,1-6H3,(H,13,14). The van der Waals surface area contributed by atoms with Crippen molar-refractivity contribution < 1.29 is 0 Å². The van der Waals surface area contributed by atoms with Crippen LogP contribution in [0.5, 0.6) is 0 Å². The van der Waals surface area contributed by atoms with E-state index >= 15 is 0 Å². The lowest BCUT2D eigenvalue weighted by molar-refractivity contribution is 0.220. The van der Waals surface area contributed by atoms with Crippen molar-refractivity contribution in [3.63, 3.8) is 0 Å². The van der Waals surface area contributed by atoms with Gasteiger partial charge in [0.2, 0.25) is 0 Å². The Balaban J connectivity index is 4.40. The highest BCUT2D eigenvalue weighted by molar-refractivity contribution is 8.10. The molecule has 0 fully saturated rings. The Bertz CT molecular complexity index is 182. The van der Waals surface area contributed by atoms with Crippen LogP contribution in [-0.4, -0.2) is 22.3 Å². The SMILES string of the molecule is CC(C)(C)CN(CC(C)(C)C)C(=S)S. The number of thiocarbonyl (C=S) groups is 1. The first kappa shape index (κ1) is 14.2. The van der Waals surface area contributed by atoms with E-state index in [2.05, 4.69) is 59.1 Å². The summed E-state index contributed by atoms with van der Waals surface area (Å²) >= 11 is 9.42. The predicted molar refractivity (Wildman–Crippen MR) is 72.1 cm³/mol. The summed E-state index contributed by atoms with van der Waals surface area (Å²) in [6.07, 6.45) is 0. The summed E-state index contributed by atoms with van der Waals surface area (Å²) < 4.78 is 0.704. The zero-order valence-corrected chi connectivity index (χ0v) is 11.9. The fourth-order valence-corrected chi connectivity index (χ4v) is 1.61. The molecule has 1 nitrogen and oxygen atoms in total. The van der Waals surface area contributed by atoms with Gasteiger partial charge < -0.3 is 4.90 Å². The lowest BCUT2D eigenvalue weighted by Crippen LogP contribution is -2.39. The second kappa shape index (κ2) is 4.84. The molecule has 0 spiro atoms. The molecule has 84 valence electrons. The third-order valence-electron chi connectivity index (χ3n) is 1.60. The molecule has 0 rings (SSSR count). The quantitative estimate of drug-likeness (QED) is 0.573. The highest BCUT2D eigenvalue weighted by Gasteiger charge is 2.22. The van der Waals surface area contributed by atoms with E-state index in [4.69, 9.17) is 12.2 Å². The van der Waals surface area contributed by atoms with Crippen molar-refractivity contribution in [3.05, 3.63) is 0 Å². The maximum Gasteiger partial charge on any atom is 0.133 e. The van der Waals surface area contributed by atoms with Crippen LogP contribution in [0.1, 0.15) is 41.5 Å². The summed E-state index contributed by atoms with van der Waals surface area (Å²) in [6.45, 7) is 15.2. The Hall–Kier alpha value is 0.240. The summed E-state index contributed by atoms with van der Waals surface area (Å²) in [5.41, 5.74) is 0.524. The molecule has 0 atom stereocenters. The van der Waals surface area contributed by atoms with Crippen LogP contribution in [0, 0.1) is 10.8 Å². The molecule has 0 aliphatic rings. The van der Waals surface area contributed by atoms with Gasteiger partial charge in [-0.15, -0.1) is 12.6 Å². The van der Waals surface area contributed by atoms with E-state index in [9.17, 15) is 0 Å². The molecule has 0 bridgehead atoms. The van der Waals surface area contributed by atoms with Crippen LogP contribution < -0.4 is 0 Å². The molecule has 0 heterocycles. The third kappa shape index (κ3) is 7.63. The first-order chi connectivity index (χ1) is 6.01. The van der Waals surface area contributed by atoms with Crippen molar-refractivity contribution in [1.82, 2.24) is 4.90 Å². The molecular weight excluding hydrogens is 210 g/mol. The Kier molecular flexibility index (Phi) is 4.93. The number of hydrogen-bond acceptors (Lipinski definition) is 1. The first-order valence-corrected chi connectivity index (χ1v) is 5.85. The summed E-state index contributed by atoms with van der Waals surface area (Å²) in [7, 11) is 0. The number of nitrogens with zero attached hydrogens (tertiary/aromatic N) is 1. The van der Waals surface area contributed by atoms with E-state index in [-0.39, 0.29) is 10.8 Å². The maximum atomic E-state index is 5.14. The topological polar surface area (TPSA) is 3.24 Å². The minimum atomic E-state index is 0.262. The summed E-state index contributed by atoms with van der Waals surface area (Å²) in [4.78, 5) is 2.18. The lowest BCUT2D eigenvalue weighted by atomic mass is 9.92. The molecule has 0 aliphatic heterocycles. The van der Waals surface area contributed by atoms with Crippen molar-refractivity contribution >= 4 is 29.2 Å². The van der Waals surface area contributed by atoms with Crippen molar-refractivity contribution in [2.75, 3.05) is 13.1 Å². The normalized spacial score (nSPS) is 12.8. The molecule has 0 amide bonds. The summed E-state index contributed by atoms with van der Waals surface area (Å²) in [6, 6.07) is 0. The second-order valence-electron chi connectivity index (χ2n) is 6.26. The van der Waals surface area contributed by atoms with Crippen LogP contribution in [0.25, 0.3) is 0 Å². The fourth-order valence-electron chi connectivity index (χ4n) is 1.34. The van der Waals surface area contributed by atoms with Crippen LogP contribution >= 0.6 is 24.8 Å². The molecule has 0 aromatic carbocycles. The van der Waals surface area contributed by atoms with Crippen molar-refractivity contribution in [2.45, 2.75) is 41.5 Å². The van der Waals surface area contributed by atoms with E-state index in [1.165, 1.54) is 0 Å². The highest BCUT2D eigenvalue weighted by atomic mass is 32.1. The van der Waals surface area contributed by atoms with Gasteiger partial charge in [-0.2, -0.15) is 0 Å². The Morgan fingerprint density at radius 1 is 1.00 bits per heavy atom. The van der Waals surface area contributed by atoms with Gasteiger partial charge in [-0.25, -0.2) is 0 Å². The average molecular weight is 233 g/mol. The lowest BCUT2D eigenvalue weighted by Gasteiger charge is -2.35. The largest absolute Gasteiger partial charge is 0.357 e. The van der Waals surface area contributed by atoms with Crippen molar-refractivity contribution in [1.29, 1.82) is 0 Å². The molecule has 0 aliphatic carbocycles. The van der Waals surface area contributed by atoms with Gasteiger partial charge in [-0.1, -0.05) is 53.8 Å². The monoisotopic (exact) mass is 233 g/mol. The molecule has 0 N–H and O–H groups in total. The van der Waals surface area contributed by atoms with Crippen LogP contribution in [0.15, 0.2) is 0 Å². The third-order valence-corrected chi connectivity index (χ3v) is 2.14. The van der Waals surface area contributed by atoms with Crippen molar-refractivity contribution in [3.8, 4) is 0 Å². The fraction of sp³-hybridized carbons (Fsp3) is 0.909.